The molecule has 6 nitrogen and oxygen atoms in total. The lowest BCUT2D eigenvalue weighted by atomic mass is 9.96. The molecule has 0 bridgehead atoms. The second kappa shape index (κ2) is 7.54. The van der Waals surface area contributed by atoms with Gasteiger partial charge in [0.1, 0.15) is 17.4 Å². The zero-order chi connectivity index (χ0) is 19.8. The smallest absolute Gasteiger partial charge is 0.231 e. The number of nitrogens with one attached hydrogen (secondary N) is 1. The van der Waals surface area contributed by atoms with E-state index in [4.69, 9.17) is 9.40 Å². The van der Waals surface area contributed by atoms with Crippen LogP contribution >= 0.6 is 15.9 Å². The van der Waals surface area contributed by atoms with E-state index in [2.05, 4.69) is 31.1 Å². The maximum atomic E-state index is 12.9. The summed E-state index contributed by atoms with van der Waals surface area (Å²) >= 11 is 3.44. The third-order valence-electron chi connectivity index (χ3n) is 5.31. The van der Waals surface area contributed by atoms with Gasteiger partial charge in [-0.05, 0) is 51.8 Å². The molecule has 1 aromatic carbocycles. The molecule has 1 aliphatic heterocycles. The number of amides is 1. The molecule has 1 fully saturated rings. The summed E-state index contributed by atoms with van der Waals surface area (Å²) in [4.78, 5) is 24.2. The van der Waals surface area contributed by atoms with Crippen LogP contribution in [0.5, 0.6) is 0 Å². The maximum absolute atomic E-state index is 12.9. The van der Waals surface area contributed by atoms with E-state index in [1.54, 1.807) is 0 Å². The predicted molar refractivity (Wildman–Crippen MR) is 114 cm³/mol. The van der Waals surface area contributed by atoms with E-state index >= 15 is 0 Å². The van der Waals surface area contributed by atoms with Crippen molar-refractivity contribution in [3.63, 3.8) is 0 Å². The van der Waals surface area contributed by atoms with Gasteiger partial charge < -0.3 is 14.6 Å². The van der Waals surface area contributed by atoms with Gasteiger partial charge in [0.15, 0.2) is 0 Å². The average molecular weight is 443 g/mol. The molecule has 0 unspecified atom stereocenters. The number of halogens is 1. The summed E-state index contributed by atoms with van der Waals surface area (Å²) in [6.45, 7) is 7.35. The molecule has 2 aromatic heterocycles. The second-order valence-electron chi connectivity index (χ2n) is 7.34. The normalized spacial score (nSPS) is 17.1. The largest absolute Gasteiger partial charge is 0.443 e. The Kier molecular flexibility index (Phi) is 5.10. The Labute approximate surface area is 172 Å². The predicted octanol–water partition coefficient (Wildman–Crippen LogP) is 4.77. The molecule has 0 radical (unpaired) electrons. The highest BCUT2D eigenvalue weighted by atomic mass is 79.9. The molecule has 0 saturated carbocycles. The molecule has 146 valence electrons. The van der Waals surface area contributed by atoms with Crippen molar-refractivity contribution in [3.8, 4) is 0 Å². The fourth-order valence-corrected chi connectivity index (χ4v) is 4.15. The van der Waals surface area contributed by atoms with Crippen molar-refractivity contribution in [2.24, 2.45) is 5.92 Å². The van der Waals surface area contributed by atoms with E-state index in [1.165, 1.54) is 0 Å². The average Bonchev–Trinajstić information content (AvgIpc) is 2.95. The molecule has 28 heavy (non-hydrogen) atoms. The van der Waals surface area contributed by atoms with Crippen LogP contribution in [0.25, 0.3) is 11.1 Å². The Balaban J connectivity index is 1.59. The van der Waals surface area contributed by atoms with E-state index in [0.29, 0.717) is 18.1 Å². The van der Waals surface area contributed by atoms with Crippen molar-refractivity contribution in [1.82, 2.24) is 9.97 Å². The van der Waals surface area contributed by atoms with Gasteiger partial charge in [-0.15, -0.1) is 0 Å². The summed E-state index contributed by atoms with van der Waals surface area (Å²) in [6, 6.07) is 7.67. The number of anilines is 2. The van der Waals surface area contributed by atoms with Gasteiger partial charge in [0, 0.05) is 28.8 Å². The minimum atomic E-state index is -0.0913. The number of carbonyl (C=O) groups is 1. The Morgan fingerprint density at radius 3 is 2.89 bits per heavy atom. The molecular formula is C21H23BrN4O2. The highest BCUT2D eigenvalue weighted by Crippen LogP contribution is 2.33. The van der Waals surface area contributed by atoms with Crippen LogP contribution < -0.4 is 10.2 Å². The molecule has 1 saturated heterocycles. The quantitative estimate of drug-likeness (QED) is 0.632. The number of benzene rings is 1. The molecule has 3 aromatic rings. The Morgan fingerprint density at radius 1 is 1.29 bits per heavy atom. The van der Waals surface area contributed by atoms with Gasteiger partial charge in [-0.1, -0.05) is 22.0 Å². The number of nitrogens with zero attached hydrogens (tertiary/aromatic N) is 3. The molecule has 4 rings (SSSR count). The molecular weight excluding hydrogens is 420 g/mol. The molecule has 3 heterocycles. The summed E-state index contributed by atoms with van der Waals surface area (Å²) in [7, 11) is 0. The summed E-state index contributed by atoms with van der Waals surface area (Å²) in [5, 5.41) is 4.00. The fourth-order valence-electron chi connectivity index (χ4n) is 3.76. The van der Waals surface area contributed by atoms with E-state index in [-0.39, 0.29) is 11.8 Å². The molecule has 0 aliphatic carbocycles. The first-order chi connectivity index (χ1) is 13.4. The molecule has 7 heteroatoms. The van der Waals surface area contributed by atoms with Crippen molar-refractivity contribution in [1.29, 1.82) is 0 Å². The van der Waals surface area contributed by atoms with E-state index in [1.807, 2.05) is 45.0 Å². The first-order valence-corrected chi connectivity index (χ1v) is 10.3. The van der Waals surface area contributed by atoms with Gasteiger partial charge in [-0.25, -0.2) is 4.98 Å². The van der Waals surface area contributed by atoms with Crippen molar-refractivity contribution in [2.45, 2.75) is 33.6 Å². The van der Waals surface area contributed by atoms with Crippen LogP contribution in [0.15, 0.2) is 33.2 Å². The molecule has 1 N–H and O–H groups in total. The number of fused-ring (bicyclic) bond motifs is 1. The molecule has 1 atom stereocenters. The zero-order valence-electron chi connectivity index (χ0n) is 16.3. The van der Waals surface area contributed by atoms with Crippen LogP contribution in [0.3, 0.4) is 0 Å². The first kappa shape index (κ1) is 18.9. The number of carbonyl (C=O) groups excluding carboxylic acids is 1. The minimum Gasteiger partial charge on any atom is -0.443 e. The van der Waals surface area contributed by atoms with Crippen LogP contribution in [0.1, 0.15) is 30.0 Å². The number of aryl methyl sites for hydroxylation is 3. The van der Waals surface area contributed by atoms with Gasteiger partial charge in [0.25, 0.3) is 0 Å². The Hall–Kier alpha value is -2.41. The molecule has 1 amide bonds. The SMILES string of the molecule is Cc1nc(N2CCC[C@H](C(=O)Nc3cccc(Br)c3)C2)c2c(C)c(C)oc2n1. The third-order valence-corrected chi connectivity index (χ3v) is 5.80. The Bertz CT molecular complexity index is 1050. The highest BCUT2D eigenvalue weighted by molar-refractivity contribution is 9.10. The summed E-state index contributed by atoms with van der Waals surface area (Å²) < 4.78 is 6.76. The fraction of sp³-hybridized carbons (Fsp3) is 0.381. The monoisotopic (exact) mass is 442 g/mol. The topological polar surface area (TPSA) is 71.3 Å². The van der Waals surface area contributed by atoms with Crippen LogP contribution in [-0.2, 0) is 4.79 Å². The van der Waals surface area contributed by atoms with Gasteiger partial charge in [-0.2, -0.15) is 4.98 Å². The number of rotatable bonds is 3. The van der Waals surface area contributed by atoms with E-state index < -0.39 is 0 Å². The van der Waals surface area contributed by atoms with E-state index in [9.17, 15) is 4.79 Å². The highest BCUT2D eigenvalue weighted by Gasteiger charge is 2.29. The lowest BCUT2D eigenvalue weighted by molar-refractivity contribution is -0.120. The van der Waals surface area contributed by atoms with Crippen LogP contribution in [-0.4, -0.2) is 29.0 Å². The van der Waals surface area contributed by atoms with E-state index in [0.717, 1.165) is 52.1 Å². The lowest BCUT2D eigenvalue weighted by Crippen LogP contribution is -2.41. The lowest BCUT2D eigenvalue weighted by Gasteiger charge is -2.33. The number of furan rings is 1. The number of hydrogen-bond acceptors (Lipinski definition) is 5. The third kappa shape index (κ3) is 3.63. The van der Waals surface area contributed by atoms with Crippen molar-refractivity contribution < 1.29 is 9.21 Å². The van der Waals surface area contributed by atoms with Crippen molar-refractivity contribution >= 4 is 44.4 Å². The number of aromatic nitrogens is 2. The van der Waals surface area contributed by atoms with Crippen LogP contribution in [0.2, 0.25) is 0 Å². The number of hydrogen-bond donors (Lipinski definition) is 1. The standard InChI is InChI=1S/C21H23BrN4O2/c1-12-13(2)28-21-18(12)19(23-14(3)24-21)26-9-5-6-15(11-26)20(27)25-17-8-4-7-16(22)10-17/h4,7-8,10,15H,5-6,9,11H2,1-3H3,(H,25,27)/t15-/m0/s1. The zero-order valence-corrected chi connectivity index (χ0v) is 17.8. The summed E-state index contributed by atoms with van der Waals surface area (Å²) in [6.07, 6.45) is 1.81. The van der Waals surface area contributed by atoms with Gasteiger partial charge >= 0.3 is 0 Å². The van der Waals surface area contributed by atoms with Gasteiger partial charge in [0.05, 0.1) is 11.3 Å². The van der Waals surface area contributed by atoms with Gasteiger partial charge in [-0.3, -0.25) is 4.79 Å². The minimum absolute atomic E-state index is 0.0462. The number of piperidine rings is 1. The second-order valence-corrected chi connectivity index (χ2v) is 8.26. The summed E-state index contributed by atoms with van der Waals surface area (Å²) in [5.74, 6) is 2.36. The van der Waals surface area contributed by atoms with Gasteiger partial charge in [0.2, 0.25) is 11.6 Å². The molecule has 1 aliphatic rings. The van der Waals surface area contributed by atoms with Crippen LogP contribution in [0.4, 0.5) is 11.5 Å². The molecule has 0 spiro atoms. The van der Waals surface area contributed by atoms with Crippen LogP contribution in [0, 0.1) is 26.7 Å². The summed E-state index contributed by atoms with van der Waals surface area (Å²) in [5.41, 5.74) is 2.49. The van der Waals surface area contributed by atoms with Crippen molar-refractivity contribution in [2.75, 3.05) is 23.3 Å². The van der Waals surface area contributed by atoms with Crippen molar-refractivity contribution in [3.05, 3.63) is 45.9 Å². The first-order valence-electron chi connectivity index (χ1n) is 9.48. The maximum Gasteiger partial charge on any atom is 0.231 e. The Morgan fingerprint density at radius 2 is 2.11 bits per heavy atom.